The van der Waals surface area contributed by atoms with Crippen LogP contribution in [0.25, 0.3) is 5.83 Å². The first-order valence-corrected chi connectivity index (χ1v) is 13.2. The van der Waals surface area contributed by atoms with Crippen molar-refractivity contribution in [1.29, 1.82) is 0 Å². The first-order valence-electron chi connectivity index (χ1n) is 11.0. The van der Waals surface area contributed by atoms with Gasteiger partial charge in [0.2, 0.25) is 0 Å². The molecular weight excluding hydrogens is 608 g/mol. The van der Waals surface area contributed by atoms with E-state index < -0.39 is 85.8 Å². The van der Waals surface area contributed by atoms with E-state index in [1.807, 2.05) is 5.32 Å². The van der Waals surface area contributed by atoms with Gasteiger partial charge in [0.25, 0.3) is 5.91 Å². The maximum Gasteiger partial charge on any atom is 0.417 e. The Bertz CT molecular complexity index is 1380. The third kappa shape index (κ3) is 9.39. The van der Waals surface area contributed by atoms with Crippen LogP contribution < -0.4 is 5.32 Å². The van der Waals surface area contributed by atoms with Crippen molar-refractivity contribution in [3.63, 3.8) is 0 Å². The number of hydrogen-bond donors (Lipinski definition) is 1. The van der Waals surface area contributed by atoms with E-state index in [0.717, 1.165) is 25.1 Å². The molecule has 1 amide bonds. The average molecular weight is 628 g/mol. The maximum absolute atomic E-state index is 14.9. The fourth-order valence-electron chi connectivity index (χ4n) is 3.64. The number of carbonyl (C=O) groups excluding carboxylic acids is 1. The number of alkyl halides is 9. The minimum Gasteiger partial charge on any atom is -0.349 e. The van der Waals surface area contributed by atoms with Crippen LogP contribution >= 0.6 is 11.6 Å². The van der Waals surface area contributed by atoms with Crippen molar-refractivity contribution in [2.24, 2.45) is 0 Å². The van der Waals surface area contributed by atoms with E-state index in [2.05, 4.69) is 0 Å². The number of amides is 1. The number of rotatable bonds is 8. The van der Waals surface area contributed by atoms with Crippen LogP contribution in [0.5, 0.6) is 0 Å². The van der Waals surface area contributed by atoms with Gasteiger partial charge >= 0.3 is 18.5 Å². The molecule has 222 valence electrons. The molecule has 0 heterocycles. The van der Waals surface area contributed by atoms with E-state index in [9.17, 15) is 57.1 Å². The molecule has 2 aromatic carbocycles. The largest absolute Gasteiger partial charge is 0.417 e. The SMILES string of the molecule is Cc1cc(C(/C=C(\F)c2ccc(C(=O)N[C@H](C)CS(=O)(=O)CC(F)(F)F)c(C(F)(F)F)c2)C(F)(F)F)ccc1Cl. The van der Waals surface area contributed by atoms with Gasteiger partial charge in [-0.15, -0.1) is 0 Å². The normalized spacial score (nSPS) is 15.1. The highest BCUT2D eigenvalue weighted by Gasteiger charge is 2.41. The van der Waals surface area contributed by atoms with Gasteiger partial charge in [-0.2, -0.15) is 39.5 Å². The van der Waals surface area contributed by atoms with Crippen LogP contribution in [0.4, 0.5) is 43.9 Å². The Balaban J connectivity index is 2.43. The number of nitrogens with one attached hydrogen (secondary N) is 1. The molecule has 0 saturated heterocycles. The van der Waals surface area contributed by atoms with Crippen molar-refractivity contribution < 1.29 is 57.1 Å². The van der Waals surface area contributed by atoms with Crippen LogP contribution in [0, 0.1) is 6.92 Å². The maximum atomic E-state index is 14.9. The molecule has 0 aliphatic rings. The van der Waals surface area contributed by atoms with Gasteiger partial charge in [0, 0.05) is 16.6 Å². The Morgan fingerprint density at radius 2 is 1.60 bits per heavy atom. The lowest BCUT2D eigenvalue weighted by atomic mass is 9.94. The van der Waals surface area contributed by atoms with Crippen LogP contribution in [0.3, 0.4) is 0 Å². The van der Waals surface area contributed by atoms with E-state index in [1.165, 1.54) is 6.92 Å². The van der Waals surface area contributed by atoms with E-state index in [0.29, 0.717) is 12.1 Å². The smallest absolute Gasteiger partial charge is 0.349 e. The molecule has 2 rings (SSSR count). The summed E-state index contributed by atoms with van der Waals surface area (Å²) >= 11 is 5.81. The monoisotopic (exact) mass is 627 g/mol. The summed E-state index contributed by atoms with van der Waals surface area (Å²) in [5.41, 5.74) is -4.10. The number of benzene rings is 2. The molecule has 0 radical (unpaired) electrons. The predicted molar refractivity (Wildman–Crippen MR) is 127 cm³/mol. The Kier molecular flexibility index (Phi) is 9.99. The average Bonchev–Trinajstić information content (AvgIpc) is 2.75. The number of hydrogen-bond acceptors (Lipinski definition) is 3. The van der Waals surface area contributed by atoms with Crippen LogP contribution in [0.15, 0.2) is 42.5 Å². The molecule has 0 fully saturated rings. The van der Waals surface area contributed by atoms with Crippen molar-refractivity contribution in [2.75, 3.05) is 11.5 Å². The van der Waals surface area contributed by atoms with Gasteiger partial charge in [-0.3, -0.25) is 4.79 Å². The second-order valence-corrected chi connectivity index (χ2v) is 11.4. The fraction of sp³-hybridized carbons (Fsp3) is 0.375. The first-order chi connectivity index (χ1) is 18.0. The van der Waals surface area contributed by atoms with Gasteiger partial charge in [0.15, 0.2) is 9.84 Å². The summed E-state index contributed by atoms with van der Waals surface area (Å²) in [6, 6.07) is 2.73. The fourth-order valence-corrected chi connectivity index (χ4v) is 5.22. The minimum absolute atomic E-state index is 0.0610. The molecule has 1 unspecified atom stereocenters. The number of aryl methyl sites for hydroxylation is 1. The highest BCUT2D eigenvalue weighted by atomic mass is 35.5. The van der Waals surface area contributed by atoms with E-state index in [4.69, 9.17) is 11.6 Å². The van der Waals surface area contributed by atoms with E-state index in [-0.39, 0.29) is 22.7 Å². The second kappa shape index (κ2) is 12.0. The summed E-state index contributed by atoms with van der Waals surface area (Å²) in [5.74, 6) is -9.29. The standard InChI is InChI=1S/C24H20ClF10NO3S/c1-12-7-14(4-6-19(12)25)17(23(30,31)32)9-20(26)15-3-5-16(18(8-15)24(33,34)35)21(37)36-13(2)10-40(38,39)11-22(27,28)29/h3-9,13,17H,10-11H2,1-2H3,(H,36,37)/b20-9-/t13-,17?/m1/s1. The van der Waals surface area contributed by atoms with Gasteiger partial charge in [0.1, 0.15) is 17.5 Å². The Morgan fingerprint density at radius 3 is 2.10 bits per heavy atom. The lowest BCUT2D eigenvalue weighted by Gasteiger charge is -2.19. The molecule has 2 aromatic rings. The van der Waals surface area contributed by atoms with Crippen LogP contribution in [-0.2, 0) is 16.0 Å². The zero-order valence-corrected chi connectivity index (χ0v) is 22.0. The predicted octanol–water partition coefficient (Wildman–Crippen LogP) is 7.42. The molecule has 2 atom stereocenters. The summed E-state index contributed by atoms with van der Waals surface area (Å²) in [7, 11) is -4.79. The van der Waals surface area contributed by atoms with Gasteiger partial charge in [-0.1, -0.05) is 29.8 Å². The summed E-state index contributed by atoms with van der Waals surface area (Å²) in [6.07, 6.45) is -15.4. The number of halogens is 11. The molecule has 0 aliphatic carbocycles. The molecular formula is C24H20ClF10NO3S. The Labute approximate surface area is 226 Å². The molecule has 1 N–H and O–H groups in total. The third-order valence-electron chi connectivity index (χ3n) is 5.32. The number of carbonyl (C=O) groups is 1. The molecule has 0 saturated carbocycles. The second-order valence-electron chi connectivity index (χ2n) is 8.84. The Morgan fingerprint density at radius 1 is 1.00 bits per heavy atom. The zero-order chi connectivity index (χ0) is 30.8. The van der Waals surface area contributed by atoms with Gasteiger partial charge < -0.3 is 5.32 Å². The zero-order valence-electron chi connectivity index (χ0n) is 20.4. The van der Waals surface area contributed by atoms with Crippen molar-refractivity contribution in [3.8, 4) is 0 Å². The van der Waals surface area contributed by atoms with Crippen molar-refractivity contribution in [3.05, 3.63) is 75.3 Å². The molecule has 0 spiro atoms. The summed E-state index contributed by atoms with van der Waals surface area (Å²) in [4.78, 5) is 12.4. The molecule has 0 bridgehead atoms. The quantitative estimate of drug-likeness (QED) is 0.310. The molecule has 40 heavy (non-hydrogen) atoms. The summed E-state index contributed by atoms with van der Waals surface area (Å²) < 4.78 is 158. The molecule has 0 aromatic heterocycles. The topological polar surface area (TPSA) is 63.2 Å². The number of sulfone groups is 1. The lowest BCUT2D eigenvalue weighted by molar-refractivity contribution is -0.140. The van der Waals surface area contributed by atoms with Gasteiger partial charge in [0.05, 0.1) is 16.9 Å². The number of allylic oxidation sites excluding steroid dienone is 1. The van der Waals surface area contributed by atoms with Crippen molar-refractivity contribution in [1.82, 2.24) is 5.32 Å². The first kappa shape index (κ1) is 33.4. The highest BCUT2D eigenvalue weighted by Crippen LogP contribution is 2.40. The van der Waals surface area contributed by atoms with E-state index >= 15 is 0 Å². The highest BCUT2D eigenvalue weighted by molar-refractivity contribution is 7.91. The minimum atomic E-state index is -5.33. The van der Waals surface area contributed by atoms with Crippen LogP contribution in [-0.4, -0.2) is 44.2 Å². The summed E-state index contributed by atoms with van der Waals surface area (Å²) in [5, 5.41) is 1.96. The van der Waals surface area contributed by atoms with Crippen molar-refractivity contribution in [2.45, 2.75) is 44.3 Å². The summed E-state index contributed by atoms with van der Waals surface area (Å²) in [6.45, 7) is 2.33. The molecule has 0 aliphatic heterocycles. The lowest BCUT2D eigenvalue weighted by Crippen LogP contribution is -2.40. The van der Waals surface area contributed by atoms with E-state index in [1.54, 1.807) is 0 Å². The van der Waals surface area contributed by atoms with Gasteiger partial charge in [-0.05, 0) is 49.2 Å². The van der Waals surface area contributed by atoms with Gasteiger partial charge in [-0.25, -0.2) is 12.8 Å². The molecule has 4 nitrogen and oxygen atoms in total. The van der Waals surface area contributed by atoms with Crippen LogP contribution in [0.1, 0.15) is 45.5 Å². The van der Waals surface area contributed by atoms with Crippen LogP contribution in [0.2, 0.25) is 5.02 Å². The third-order valence-corrected chi connectivity index (χ3v) is 7.52. The van der Waals surface area contributed by atoms with Crippen molar-refractivity contribution >= 4 is 33.2 Å². The molecule has 16 heteroatoms. The Hall–Kier alpha value is -2.81.